The summed E-state index contributed by atoms with van der Waals surface area (Å²) < 4.78 is 0. The summed E-state index contributed by atoms with van der Waals surface area (Å²) in [6, 6.07) is 8.77. The lowest BCUT2D eigenvalue weighted by molar-refractivity contribution is -0.385. The number of nitrogens with zero attached hydrogens (tertiary/aromatic N) is 3. The minimum atomic E-state index is -1.47. The zero-order chi connectivity index (χ0) is 21.5. The molecule has 156 valence electrons. The molecule has 2 atom stereocenters. The van der Waals surface area contributed by atoms with E-state index in [2.05, 4.69) is 5.32 Å². The fraction of sp³-hybridized carbons (Fsp3) is 0.350. The smallest absolute Gasteiger partial charge is 0.325 e. The van der Waals surface area contributed by atoms with Crippen LogP contribution in [0.2, 0.25) is 0 Å². The predicted octanol–water partition coefficient (Wildman–Crippen LogP) is 2.79. The molecule has 2 aromatic rings. The highest BCUT2D eigenvalue weighted by Crippen LogP contribution is 2.35. The van der Waals surface area contributed by atoms with Crippen LogP contribution in [0.5, 0.6) is 0 Å². The van der Waals surface area contributed by atoms with Gasteiger partial charge in [-0.25, -0.2) is 4.79 Å². The van der Waals surface area contributed by atoms with Crippen molar-refractivity contribution >= 4 is 34.9 Å². The maximum atomic E-state index is 13.1. The summed E-state index contributed by atoms with van der Waals surface area (Å²) in [4.78, 5) is 52.8. The minimum absolute atomic E-state index is 0.0403. The number of non-ortho nitro benzene ring substituents is 1. The van der Waals surface area contributed by atoms with Crippen LogP contribution in [0, 0.1) is 10.1 Å². The van der Waals surface area contributed by atoms with Crippen molar-refractivity contribution in [2.45, 2.75) is 31.3 Å². The van der Waals surface area contributed by atoms with Crippen LogP contribution in [0.15, 0.2) is 41.8 Å². The second-order valence-electron chi connectivity index (χ2n) is 7.51. The van der Waals surface area contributed by atoms with Crippen LogP contribution in [0.25, 0.3) is 0 Å². The topological polar surface area (TPSA) is 113 Å². The molecule has 0 bridgehead atoms. The molecule has 0 radical (unpaired) electrons. The van der Waals surface area contributed by atoms with Gasteiger partial charge >= 0.3 is 6.03 Å². The summed E-state index contributed by atoms with van der Waals surface area (Å²) in [6.45, 7) is 1.70. The molecule has 0 spiro atoms. The minimum Gasteiger partial charge on any atom is -0.333 e. The summed E-state index contributed by atoms with van der Waals surface area (Å²) in [5, 5.41) is 15.6. The highest BCUT2D eigenvalue weighted by molar-refractivity contribution is 7.10. The molecule has 0 aliphatic carbocycles. The van der Waals surface area contributed by atoms with Crippen molar-refractivity contribution in [2.24, 2.45) is 0 Å². The van der Waals surface area contributed by atoms with E-state index in [0.717, 1.165) is 22.6 Å². The molecule has 2 aliphatic heterocycles. The molecule has 30 heavy (non-hydrogen) atoms. The number of nitrogens with one attached hydrogen (secondary N) is 1. The second kappa shape index (κ2) is 7.52. The number of benzene rings is 1. The molecule has 2 saturated heterocycles. The molecule has 9 nitrogen and oxygen atoms in total. The summed E-state index contributed by atoms with van der Waals surface area (Å²) in [5.74, 6) is -0.897. The lowest BCUT2D eigenvalue weighted by Crippen LogP contribution is -2.44. The number of nitro groups is 1. The van der Waals surface area contributed by atoms with Gasteiger partial charge in [0.2, 0.25) is 5.91 Å². The normalized spacial score (nSPS) is 23.7. The van der Waals surface area contributed by atoms with Crippen LogP contribution in [0.1, 0.15) is 36.2 Å². The van der Waals surface area contributed by atoms with Gasteiger partial charge in [0.1, 0.15) is 12.1 Å². The number of nitro benzene ring substituents is 1. The summed E-state index contributed by atoms with van der Waals surface area (Å²) in [6.07, 6.45) is 1.71. The average molecular weight is 428 g/mol. The Balaban J connectivity index is 1.54. The number of likely N-dealkylation sites (tertiary alicyclic amines) is 1. The number of rotatable bonds is 5. The molecule has 1 N–H and O–H groups in total. The predicted molar refractivity (Wildman–Crippen MR) is 109 cm³/mol. The van der Waals surface area contributed by atoms with Gasteiger partial charge in [-0.05, 0) is 36.8 Å². The first-order valence-electron chi connectivity index (χ1n) is 9.53. The van der Waals surface area contributed by atoms with Crippen LogP contribution in [0.3, 0.4) is 0 Å². The first kappa shape index (κ1) is 20.0. The van der Waals surface area contributed by atoms with Crippen molar-refractivity contribution < 1.29 is 19.3 Å². The third kappa shape index (κ3) is 3.32. The van der Waals surface area contributed by atoms with Crippen molar-refractivity contribution in [3.63, 3.8) is 0 Å². The lowest BCUT2D eigenvalue weighted by atomic mass is 9.91. The monoisotopic (exact) mass is 428 g/mol. The Kier molecular flexibility index (Phi) is 5.02. The van der Waals surface area contributed by atoms with E-state index in [-0.39, 0.29) is 24.2 Å². The SMILES string of the molecule is CC1(c2cccc([N+](=O)[O-])c2)NC(=O)N(CC(=O)N2CCCC2c2cccs2)C1=O. The van der Waals surface area contributed by atoms with Crippen molar-refractivity contribution in [3.8, 4) is 0 Å². The molecule has 10 heteroatoms. The van der Waals surface area contributed by atoms with Crippen LogP contribution in [-0.4, -0.2) is 45.7 Å². The first-order valence-corrected chi connectivity index (χ1v) is 10.4. The molecular formula is C20H20N4O5S. The van der Waals surface area contributed by atoms with Crippen LogP contribution in [0.4, 0.5) is 10.5 Å². The van der Waals surface area contributed by atoms with Gasteiger partial charge in [0.25, 0.3) is 11.6 Å². The number of carbonyl (C=O) groups is 3. The fourth-order valence-corrected chi connectivity index (χ4v) is 4.91. The zero-order valence-electron chi connectivity index (χ0n) is 16.2. The van der Waals surface area contributed by atoms with Crippen LogP contribution < -0.4 is 5.32 Å². The van der Waals surface area contributed by atoms with E-state index in [0.29, 0.717) is 12.1 Å². The van der Waals surface area contributed by atoms with Gasteiger partial charge in [-0.15, -0.1) is 11.3 Å². The summed E-state index contributed by atoms with van der Waals surface area (Å²) >= 11 is 1.58. The quantitative estimate of drug-likeness (QED) is 0.447. The Morgan fingerprint density at radius 2 is 2.13 bits per heavy atom. The van der Waals surface area contributed by atoms with E-state index in [4.69, 9.17) is 0 Å². The molecule has 2 aliphatic rings. The van der Waals surface area contributed by atoms with Crippen molar-refractivity contribution in [2.75, 3.05) is 13.1 Å². The Labute approximate surface area is 176 Å². The third-order valence-electron chi connectivity index (χ3n) is 5.65. The van der Waals surface area contributed by atoms with Crippen molar-refractivity contribution in [1.29, 1.82) is 0 Å². The Bertz CT molecular complexity index is 1020. The van der Waals surface area contributed by atoms with Crippen molar-refractivity contribution in [3.05, 3.63) is 62.3 Å². The Morgan fingerprint density at radius 1 is 1.33 bits per heavy atom. The highest BCUT2D eigenvalue weighted by Gasteiger charge is 2.50. The fourth-order valence-electron chi connectivity index (χ4n) is 4.03. The number of thiophene rings is 1. The van der Waals surface area contributed by atoms with Gasteiger partial charge in [0, 0.05) is 23.6 Å². The van der Waals surface area contributed by atoms with Gasteiger partial charge in [0.05, 0.1) is 11.0 Å². The van der Waals surface area contributed by atoms with Gasteiger partial charge in [-0.3, -0.25) is 24.6 Å². The summed E-state index contributed by atoms with van der Waals surface area (Å²) in [5.41, 5.74) is -1.36. The van der Waals surface area contributed by atoms with Crippen LogP contribution >= 0.6 is 11.3 Å². The van der Waals surface area contributed by atoms with Gasteiger partial charge < -0.3 is 10.2 Å². The molecule has 4 rings (SSSR count). The van der Waals surface area contributed by atoms with E-state index in [9.17, 15) is 24.5 Å². The Hall–Kier alpha value is -3.27. The first-order chi connectivity index (χ1) is 14.3. The Morgan fingerprint density at radius 3 is 2.83 bits per heavy atom. The average Bonchev–Trinajstić information content (AvgIpc) is 3.45. The third-order valence-corrected chi connectivity index (χ3v) is 6.62. The van der Waals surface area contributed by atoms with E-state index in [1.165, 1.54) is 25.1 Å². The zero-order valence-corrected chi connectivity index (χ0v) is 17.1. The molecule has 2 fully saturated rings. The summed E-state index contributed by atoms with van der Waals surface area (Å²) in [7, 11) is 0. The molecule has 1 aromatic carbocycles. The van der Waals surface area contributed by atoms with E-state index in [1.807, 2.05) is 17.5 Å². The number of hydrogen-bond donors (Lipinski definition) is 1. The molecule has 3 heterocycles. The number of carbonyl (C=O) groups excluding carboxylic acids is 3. The largest absolute Gasteiger partial charge is 0.333 e. The van der Waals surface area contributed by atoms with Gasteiger partial charge in [-0.1, -0.05) is 18.2 Å². The number of imide groups is 1. The van der Waals surface area contributed by atoms with Gasteiger partial charge in [0.15, 0.2) is 0 Å². The number of amides is 4. The second-order valence-corrected chi connectivity index (χ2v) is 8.49. The molecule has 2 unspecified atom stereocenters. The lowest BCUT2D eigenvalue weighted by Gasteiger charge is -2.26. The maximum absolute atomic E-state index is 13.1. The highest BCUT2D eigenvalue weighted by atomic mass is 32.1. The van der Waals surface area contributed by atoms with Crippen molar-refractivity contribution in [1.82, 2.24) is 15.1 Å². The van der Waals surface area contributed by atoms with E-state index >= 15 is 0 Å². The molecule has 1 aromatic heterocycles. The molecule has 4 amide bonds. The van der Waals surface area contributed by atoms with Crippen LogP contribution in [-0.2, 0) is 15.1 Å². The standard InChI is InChI=1S/C20H20N4O5S/c1-20(13-5-2-6-14(11-13)24(28)29)18(26)23(19(27)21-20)12-17(25)22-9-3-7-15(22)16-8-4-10-30-16/h2,4-6,8,10-11,15H,3,7,9,12H2,1H3,(H,21,27). The van der Waals surface area contributed by atoms with E-state index in [1.54, 1.807) is 22.3 Å². The molecular weight excluding hydrogens is 408 g/mol. The maximum Gasteiger partial charge on any atom is 0.325 e. The van der Waals surface area contributed by atoms with Gasteiger partial charge in [-0.2, -0.15) is 0 Å². The number of urea groups is 1. The molecule has 0 saturated carbocycles. The number of hydrogen-bond acceptors (Lipinski definition) is 6. The van der Waals surface area contributed by atoms with E-state index < -0.39 is 22.4 Å².